The number of hydrogen-bond acceptors (Lipinski definition) is 5. The zero-order valence-corrected chi connectivity index (χ0v) is 23.5. The fraction of sp³-hybridized carbons (Fsp3) is 0.333. The number of rotatable bonds is 7. The van der Waals surface area contributed by atoms with Gasteiger partial charge < -0.3 is 15.0 Å². The third kappa shape index (κ3) is 6.79. The Labute approximate surface area is 245 Å². The van der Waals surface area contributed by atoms with Gasteiger partial charge in [0.1, 0.15) is 11.9 Å². The second kappa shape index (κ2) is 12.2. The molecule has 3 aromatic rings. The smallest absolute Gasteiger partial charge is 0.416 e. The van der Waals surface area contributed by atoms with Crippen molar-refractivity contribution in [1.82, 2.24) is 10.2 Å². The molecule has 3 aromatic carbocycles. The van der Waals surface area contributed by atoms with E-state index in [1.807, 2.05) is 29.2 Å². The van der Waals surface area contributed by atoms with Crippen molar-refractivity contribution in [2.75, 3.05) is 49.1 Å². The highest BCUT2D eigenvalue weighted by molar-refractivity contribution is 6.33. The molecule has 0 aromatic heterocycles. The largest absolute Gasteiger partial charge is 0.442 e. The van der Waals surface area contributed by atoms with E-state index in [2.05, 4.69) is 10.2 Å². The van der Waals surface area contributed by atoms with Gasteiger partial charge in [-0.2, -0.15) is 13.2 Å². The summed E-state index contributed by atoms with van der Waals surface area (Å²) in [4.78, 5) is 29.0. The van der Waals surface area contributed by atoms with Crippen LogP contribution >= 0.6 is 11.6 Å². The van der Waals surface area contributed by atoms with E-state index >= 15 is 4.39 Å². The quantitative estimate of drug-likeness (QED) is 0.338. The van der Waals surface area contributed by atoms with E-state index in [0.717, 1.165) is 17.7 Å². The van der Waals surface area contributed by atoms with Gasteiger partial charge in [0.25, 0.3) is 0 Å². The number of nitrogens with zero attached hydrogens (tertiary/aromatic N) is 3. The SMILES string of the molecule is CC(=O)NC[C@H]1CN(c2ccc(-c3ccc(CN4CCN(c5ccc(C(F)(F)F)cc5Cl)CC4)cc3)c(F)c2)C(=O)O1. The minimum absolute atomic E-state index is 0.0839. The molecular weight excluding hydrogens is 576 g/mol. The Balaban J connectivity index is 1.16. The van der Waals surface area contributed by atoms with Crippen molar-refractivity contribution in [1.29, 1.82) is 0 Å². The molecule has 2 amide bonds. The predicted octanol–water partition coefficient (Wildman–Crippen LogP) is 5.95. The zero-order chi connectivity index (χ0) is 30.0. The fourth-order valence-corrected chi connectivity index (χ4v) is 5.44. The van der Waals surface area contributed by atoms with E-state index in [1.165, 1.54) is 24.0 Å². The first-order valence-corrected chi connectivity index (χ1v) is 13.8. The van der Waals surface area contributed by atoms with E-state index in [9.17, 15) is 22.8 Å². The summed E-state index contributed by atoms with van der Waals surface area (Å²) < 4.78 is 59.2. The van der Waals surface area contributed by atoms with Crippen LogP contribution in [0, 0.1) is 5.82 Å². The van der Waals surface area contributed by atoms with Crippen molar-refractivity contribution < 1.29 is 31.9 Å². The van der Waals surface area contributed by atoms with Gasteiger partial charge in [0.15, 0.2) is 0 Å². The van der Waals surface area contributed by atoms with Crippen LogP contribution in [-0.4, -0.2) is 62.3 Å². The standard InChI is InChI=1S/C30H29ClF4N4O3/c1-19(40)36-16-24-18-39(29(41)42-24)23-7-8-25(27(32)15-23)21-4-2-20(3-5-21)17-37-10-12-38(13-11-37)28-9-6-22(14-26(28)31)30(33,34)35/h2-9,14-15,24H,10-13,16-18H2,1H3,(H,36,40)/t24-/m0/s1. The molecule has 0 radical (unpaired) electrons. The summed E-state index contributed by atoms with van der Waals surface area (Å²) >= 11 is 6.17. The highest BCUT2D eigenvalue weighted by atomic mass is 35.5. The maximum absolute atomic E-state index is 15.1. The van der Waals surface area contributed by atoms with Crippen LogP contribution in [0.3, 0.4) is 0 Å². The van der Waals surface area contributed by atoms with Crippen LogP contribution in [-0.2, 0) is 22.3 Å². The van der Waals surface area contributed by atoms with Gasteiger partial charge >= 0.3 is 12.3 Å². The van der Waals surface area contributed by atoms with Gasteiger partial charge in [-0.15, -0.1) is 0 Å². The lowest BCUT2D eigenvalue weighted by Gasteiger charge is -2.36. The summed E-state index contributed by atoms with van der Waals surface area (Å²) in [5, 5.41) is 2.69. The number of carbonyl (C=O) groups is 2. The second-order valence-corrected chi connectivity index (χ2v) is 10.7. The Kier molecular flexibility index (Phi) is 8.60. The van der Waals surface area contributed by atoms with Gasteiger partial charge in [-0.25, -0.2) is 9.18 Å². The van der Waals surface area contributed by atoms with Crippen molar-refractivity contribution in [2.45, 2.75) is 25.7 Å². The molecular formula is C30H29ClF4N4O3. The summed E-state index contributed by atoms with van der Waals surface area (Å²) in [6.45, 7) is 5.11. The highest BCUT2D eigenvalue weighted by Crippen LogP contribution is 2.35. The molecule has 12 heteroatoms. The topological polar surface area (TPSA) is 65.1 Å². The van der Waals surface area contributed by atoms with Crippen LogP contribution in [0.15, 0.2) is 60.7 Å². The van der Waals surface area contributed by atoms with Gasteiger partial charge in [-0.05, 0) is 47.5 Å². The molecule has 0 aliphatic carbocycles. The lowest BCUT2D eigenvalue weighted by molar-refractivity contribution is -0.137. The van der Waals surface area contributed by atoms with Gasteiger partial charge in [-0.1, -0.05) is 35.9 Å². The Bertz CT molecular complexity index is 1460. The number of halogens is 5. The average molecular weight is 605 g/mol. The third-order valence-corrected chi connectivity index (χ3v) is 7.68. The normalized spacial score (nSPS) is 17.9. The zero-order valence-electron chi connectivity index (χ0n) is 22.8. The number of cyclic esters (lactones) is 1. The van der Waals surface area contributed by atoms with Crippen molar-refractivity contribution >= 4 is 35.0 Å². The molecule has 5 rings (SSSR count). The molecule has 2 saturated heterocycles. The average Bonchev–Trinajstić information content (AvgIpc) is 3.33. The molecule has 2 aliphatic rings. The maximum atomic E-state index is 15.1. The number of piperazine rings is 1. The van der Waals surface area contributed by atoms with Crippen molar-refractivity contribution in [3.63, 3.8) is 0 Å². The molecule has 222 valence electrons. The number of benzene rings is 3. The summed E-state index contributed by atoms with van der Waals surface area (Å²) in [5.74, 6) is -0.702. The number of ether oxygens (including phenoxy) is 1. The number of hydrogen-bond donors (Lipinski definition) is 1. The number of anilines is 2. The predicted molar refractivity (Wildman–Crippen MR) is 152 cm³/mol. The van der Waals surface area contributed by atoms with E-state index in [-0.39, 0.29) is 24.0 Å². The van der Waals surface area contributed by atoms with Crippen molar-refractivity contribution in [3.8, 4) is 11.1 Å². The van der Waals surface area contributed by atoms with Crippen LogP contribution in [0.5, 0.6) is 0 Å². The number of carbonyl (C=O) groups excluding carboxylic acids is 2. The molecule has 1 atom stereocenters. The van der Waals surface area contributed by atoms with E-state index in [1.54, 1.807) is 12.1 Å². The minimum Gasteiger partial charge on any atom is -0.442 e. The number of alkyl halides is 3. The molecule has 0 spiro atoms. The molecule has 1 N–H and O–H groups in total. The Morgan fingerprint density at radius 2 is 1.74 bits per heavy atom. The summed E-state index contributed by atoms with van der Waals surface area (Å²) in [6.07, 6.45) is -5.54. The molecule has 42 heavy (non-hydrogen) atoms. The highest BCUT2D eigenvalue weighted by Gasteiger charge is 2.33. The van der Waals surface area contributed by atoms with Gasteiger partial charge in [-0.3, -0.25) is 14.6 Å². The van der Waals surface area contributed by atoms with Crippen molar-refractivity contribution in [3.05, 3.63) is 82.6 Å². The van der Waals surface area contributed by atoms with E-state index in [0.29, 0.717) is 55.2 Å². The van der Waals surface area contributed by atoms with Crippen LogP contribution in [0.4, 0.5) is 33.7 Å². The second-order valence-electron chi connectivity index (χ2n) is 10.3. The molecule has 2 heterocycles. The van der Waals surface area contributed by atoms with Gasteiger partial charge in [0.05, 0.1) is 35.1 Å². The summed E-state index contributed by atoms with van der Waals surface area (Å²) in [5.41, 5.74) is 2.33. The Morgan fingerprint density at radius 3 is 2.36 bits per heavy atom. The minimum atomic E-state index is -4.44. The van der Waals surface area contributed by atoms with Crippen LogP contribution < -0.4 is 15.1 Å². The number of nitrogens with one attached hydrogen (secondary N) is 1. The lowest BCUT2D eigenvalue weighted by atomic mass is 10.0. The monoisotopic (exact) mass is 604 g/mol. The molecule has 7 nitrogen and oxygen atoms in total. The first kappa shape index (κ1) is 29.7. The molecule has 0 saturated carbocycles. The molecule has 0 bridgehead atoms. The van der Waals surface area contributed by atoms with Crippen LogP contribution in [0.1, 0.15) is 18.1 Å². The van der Waals surface area contributed by atoms with Crippen LogP contribution in [0.25, 0.3) is 11.1 Å². The van der Waals surface area contributed by atoms with Gasteiger partial charge in [0.2, 0.25) is 5.91 Å². The summed E-state index contributed by atoms with van der Waals surface area (Å²) in [7, 11) is 0. The summed E-state index contributed by atoms with van der Waals surface area (Å²) in [6, 6.07) is 15.6. The first-order chi connectivity index (χ1) is 20.0. The first-order valence-electron chi connectivity index (χ1n) is 13.4. The maximum Gasteiger partial charge on any atom is 0.416 e. The molecule has 2 aliphatic heterocycles. The van der Waals surface area contributed by atoms with Crippen molar-refractivity contribution in [2.24, 2.45) is 0 Å². The number of amides is 2. The van der Waals surface area contributed by atoms with Gasteiger partial charge in [0, 0.05) is 45.2 Å². The Morgan fingerprint density at radius 1 is 1.02 bits per heavy atom. The van der Waals surface area contributed by atoms with E-state index in [4.69, 9.17) is 16.3 Å². The van der Waals surface area contributed by atoms with E-state index < -0.39 is 29.8 Å². The third-order valence-electron chi connectivity index (χ3n) is 7.38. The molecule has 2 fully saturated rings. The lowest BCUT2D eigenvalue weighted by Crippen LogP contribution is -2.46. The molecule has 0 unspecified atom stereocenters. The Hall–Kier alpha value is -3.83. The van der Waals surface area contributed by atoms with Crippen LogP contribution in [0.2, 0.25) is 5.02 Å². The fourth-order valence-electron chi connectivity index (χ4n) is 5.14.